The molecule has 0 bridgehead atoms. The van der Waals surface area contributed by atoms with E-state index in [1.807, 2.05) is 0 Å². The van der Waals surface area contributed by atoms with Gasteiger partial charge in [-0.2, -0.15) is 18.0 Å². The molecule has 0 amide bonds. The van der Waals surface area contributed by atoms with E-state index >= 15 is 0 Å². The van der Waals surface area contributed by atoms with E-state index in [1.165, 1.54) is 38.5 Å². The molecule has 0 heterocycles. The highest BCUT2D eigenvalue weighted by atomic mass is 14.0. The van der Waals surface area contributed by atoms with Crippen LogP contribution in [0.3, 0.4) is 0 Å². The van der Waals surface area contributed by atoms with Crippen molar-refractivity contribution in [1.82, 2.24) is 0 Å². The Hall–Kier alpha value is 0.0649. The van der Waals surface area contributed by atoms with Crippen LogP contribution in [0.1, 0.15) is 73.1 Å². The Morgan fingerprint density at radius 1 is 0.800 bits per heavy atom. The Bertz CT molecular complexity index is 123. The summed E-state index contributed by atoms with van der Waals surface area (Å²) in [7, 11) is 0. The molecular formula is C14H32B-. The minimum Gasteiger partial charge on any atom is -0.181 e. The SMILES string of the molecule is CCCCCC[BH-](C(C)CC)C(C)CC. The van der Waals surface area contributed by atoms with Crippen molar-refractivity contribution in [3.05, 3.63) is 0 Å². The smallest absolute Gasteiger partial charge is 0.0104 e. The summed E-state index contributed by atoms with van der Waals surface area (Å²) in [5.74, 6) is 2.00. The average Bonchev–Trinajstić information content (AvgIpc) is 2.27. The Labute approximate surface area is 98.3 Å². The van der Waals surface area contributed by atoms with Crippen LogP contribution in [0, 0.1) is 0 Å². The van der Waals surface area contributed by atoms with Gasteiger partial charge in [0.05, 0.1) is 0 Å². The van der Waals surface area contributed by atoms with Gasteiger partial charge in [0, 0.05) is 0 Å². The first-order chi connectivity index (χ1) is 7.17. The van der Waals surface area contributed by atoms with E-state index in [-0.39, 0.29) is 6.71 Å². The van der Waals surface area contributed by atoms with Crippen LogP contribution in [0.4, 0.5) is 0 Å². The van der Waals surface area contributed by atoms with E-state index < -0.39 is 0 Å². The zero-order chi connectivity index (χ0) is 11.7. The fourth-order valence-corrected chi connectivity index (χ4v) is 3.02. The van der Waals surface area contributed by atoms with Crippen LogP contribution in [0.15, 0.2) is 0 Å². The maximum atomic E-state index is 2.48. The lowest BCUT2D eigenvalue weighted by molar-refractivity contribution is 0.683. The Kier molecular flexibility index (Phi) is 9.34. The predicted octanol–water partition coefficient (Wildman–Crippen LogP) is 5.39. The molecule has 92 valence electrons. The van der Waals surface area contributed by atoms with Crippen molar-refractivity contribution in [2.24, 2.45) is 0 Å². The standard InChI is InChI=1S/C14H32B/c1-6-9-10-11-12-15(13(4)7-2)14(5)8-3/h13-15H,6-12H2,1-5H3/q-1. The molecule has 0 aromatic rings. The number of hydrogen-bond donors (Lipinski definition) is 0. The topological polar surface area (TPSA) is 0 Å². The zero-order valence-electron chi connectivity index (χ0n) is 11.8. The van der Waals surface area contributed by atoms with Crippen molar-refractivity contribution in [1.29, 1.82) is 0 Å². The molecule has 0 aliphatic rings. The largest absolute Gasteiger partial charge is 0.181 e. The summed E-state index contributed by atoms with van der Waals surface area (Å²) in [6, 6.07) is 0. The van der Waals surface area contributed by atoms with Gasteiger partial charge in [0.25, 0.3) is 0 Å². The summed E-state index contributed by atoms with van der Waals surface area (Å²) in [6.45, 7) is 12.1. The highest BCUT2D eigenvalue weighted by Gasteiger charge is 2.14. The fraction of sp³-hybridized carbons (Fsp3) is 1.00. The Balaban J connectivity index is 3.90. The lowest BCUT2D eigenvalue weighted by Crippen LogP contribution is -2.23. The number of hydrogen-bond acceptors (Lipinski definition) is 0. The third-order valence-corrected chi connectivity index (χ3v) is 4.70. The highest BCUT2D eigenvalue weighted by Crippen LogP contribution is 2.30. The zero-order valence-corrected chi connectivity index (χ0v) is 11.8. The normalized spacial score (nSPS) is 17.4. The molecule has 2 atom stereocenters. The second kappa shape index (κ2) is 9.30. The second-order valence-electron chi connectivity index (χ2n) is 5.75. The molecule has 0 aromatic heterocycles. The van der Waals surface area contributed by atoms with Crippen LogP contribution < -0.4 is 0 Å². The molecular weight excluding hydrogens is 179 g/mol. The van der Waals surface area contributed by atoms with E-state index in [2.05, 4.69) is 34.6 Å². The van der Waals surface area contributed by atoms with Gasteiger partial charge in [-0.25, -0.2) is 0 Å². The molecule has 0 saturated heterocycles. The summed E-state index contributed by atoms with van der Waals surface area (Å²) < 4.78 is 0. The maximum absolute atomic E-state index is 2.48. The van der Waals surface area contributed by atoms with Crippen molar-refractivity contribution in [2.45, 2.75) is 91.1 Å². The summed E-state index contributed by atoms with van der Waals surface area (Å²) in [6.07, 6.45) is 10.1. The van der Waals surface area contributed by atoms with E-state index in [4.69, 9.17) is 0 Å². The molecule has 15 heavy (non-hydrogen) atoms. The molecule has 0 aliphatic heterocycles. The summed E-state index contributed by atoms with van der Waals surface area (Å²) >= 11 is 0. The van der Waals surface area contributed by atoms with E-state index in [9.17, 15) is 0 Å². The first-order valence-electron chi connectivity index (χ1n) is 7.41. The Morgan fingerprint density at radius 2 is 1.33 bits per heavy atom. The van der Waals surface area contributed by atoms with Crippen molar-refractivity contribution in [3.63, 3.8) is 0 Å². The van der Waals surface area contributed by atoms with Gasteiger partial charge < -0.3 is 0 Å². The monoisotopic (exact) mass is 211 g/mol. The molecule has 1 heteroatoms. The van der Waals surface area contributed by atoms with Gasteiger partial charge in [-0.3, -0.25) is 0 Å². The van der Waals surface area contributed by atoms with Gasteiger partial charge in [-0.15, -0.1) is 0 Å². The van der Waals surface area contributed by atoms with Crippen molar-refractivity contribution in [3.8, 4) is 0 Å². The molecule has 0 saturated carbocycles. The molecule has 0 spiro atoms. The van der Waals surface area contributed by atoms with Crippen LogP contribution in [-0.4, -0.2) is 6.71 Å². The van der Waals surface area contributed by atoms with Gasteiger partial charge in [0.15, 0.2) is 0 Å². The third-order valence-electron chi connectivity index (χ3n) is 4.70. The maximum Gasteiger partial charge on any atom is -0.0104 e. The number of unbranched alkanes of at least 4 members (excludes halogenated alkanes) is 3. The van der Waals surface area contributed by atoms with Gasteiger partial charge >= 0.3 is 0 Å². The molecule has 0 nitrogen and oxygen atoms in total. The van der Waals surface area contributed by atoms with E-state index in [0.717, 1.165) is 11.6 Å². The highest BCUT2D eigenvalue weighted by molar-refractivity contribution is 6.61. The van der Waals surface area contributed by atoms with Crippen molar-refractivity contribution >= 4 is 6.71 Å². The molecule has 0 fully saturated rings. The first-order valence-corrected chi connectivity index (χ1v) is 7.41. The van der Waals surface area contributed by atoms with Gasteiger partial charge in [0.1, 0.15) is 0 Å². The van der Waals surface area contributed by atoms with Crippen LogP contribution >= 0.6 is 0 Å². The Morgan fingerprint density at radius 3 is 1.73 bits per heavy atom. The summed E-state index contributed by atoms with van der Waals surface area (Å²) in [5, 5.41) is 0. The van der Waals surface area contributed by atoms with Gasteiger partial charge in [0.2, 0.25) is 0 Å². The molecule has 0 N–H and O–H groups in total. The van der Waals surface area contributed by atoms with Crippen LogP contribution in [0.5, 0.6) is 0 Å². The molecule has 0 radical (unpaired) electrons. The van der Waals surface area contributed by atoms with E-state index in [0.29, 0.717) is 0 Å². The van der Waals surface area contributed by atoms with Crippen molar-refractivity contribution in [2.75, 3.05) is 0 Å². The van der Waals surface area contributed by atoms with Crippen LogP contribution in [0.2, 0.25) is 18.0 Å². The summed E-state index contributed by atoms with van der Waals surface area (Å²) in [4.78, 5) is 0. The average molecular weight is 211 g/mol. The van der Waals surface area contributed by atoms with Crippen LogP contribution in [-0.2, 0) is 0 Å². The molecule has 0 aromatic carbocycles. The van der Waals surface area contributed by atoms with Gasteiger partial charge in [-0.1, -0.05) is 73.1 Å². The predicted molar refractivity (Wildman–Crippen MR) is 75.5 cm³/mol. The molecule has 0 rings (SSSR count). The molecule has 2 unspecified atom stereocenters. The minimum absolute atomic E-state index is 0.109. The lowest BCUT2D eigenvalue weighted by Gasteiger charge is -2.34. The van der Waals surface area contributed by atoms with Crippen molar-refractivity contribution < 1.29 is 0 Å². The van der Waals surface area contributed by atoms with Crippen LogP contribution in [0.25, 0.3) is 0 Å². The molecule has 0 aliphatic carbocycles. The first kappa shape index (κ1) is 15.1. The summed E-state index contributed by atoms with van der Waals surface area (Å²) in [5.41, 5.74) is 0. The van der Waals surface area contributed by atoms with Gasteiger partial charge in [-0.05, 0) is 6.71 Å². The number of rotatable bonds is 9. The second-order valence-corrected chi connectivity index (χ2v) is 5.75. The quantitative estimate of drug-likeness (QED) is 0.354. The fourth-order valence-electron chi connectivity index (χ4n) is 3.02. The lowest BCUT2D eigenvalue weighted by atomic mass is 9.31. The minimum atomic E-state index is 0.109. The third kappa shape index (κ3) is 6.27. The van der Waals surface area contributed by atoms with E-state index in [1.54, 1.807) is 6.32 Å².